The van der Waals surface area contributed by atoms with E-state index < -0.39 is 0 Å². The molecule has 0 radical (unpaired) electrons. The minimum absolute atomic E-state index is 0.0675. The van der Waals surface area contributed by atoms with Crippen molar-refractivity contribution in [3.8, 4) is 0 Å². The summed E-state index contributed by atoms with van der Waals surface area (Å²) in [5.74, 6) is 0.137. The van der Waals surface area contributed by atoms with Gasteiger partial charge in [-0.3, -0.25) is 14.7 Å². The van der Waals surface area contributed by atoms with Crippen molar-refractivity contribution in [1.82, 2.24) is 20.1 Å². The van der Waals surface area contributed by atoms with Gasteiger partial charge >= 0.3 is 0 Å². The Morgan fingerprint density at radius 3 is 2.68 bits per heavy atom. The normalized spacial score (nSPS) is 16.6. The molecule has 3 rings (SSSR count). The summed E-state index contributed by atoms with van der Waals surface area (Å²) in [5, 5.41) is 12.2. The second kappa shape index (κ2) is 6.93. The van der Waals surface area contributed by atoms with Crippen LogP contribution < -0.4 is 5.32 Å². The van der Waals surface area contributed by atoms with Crippen LogP contribution in [0.4, 0.5) is 5.13 Å². The fourth-order valence-electron chi connectivity index (χ4n) is 2.65. The predicted octanol–water partition coefficient (Wildman–Crippen LogP) is 2.09. The maximum absolute atomic E-state index is 12.2. The molecule has 1 fully saturated rings. The Bertz CT molecular complexity index is 622. The van der Waals surface area contributed by atoms with Crippen molar-refractivity contribution in [2.75, 3.05) is 18.4 Å². The van der Waals surface area contributed by atoms with E-state index in [1.165, 1.54) is 16.9 Å². The monoisotopic (exact) mass is 317 g/mol. The molecule has 1 amide bonds. The van der Waals surface area contributed by atoms with Crippen LogP contribution >= 0.6 is 11.3 Å². The molecule has 2 aromatic heterocycles. The van der Waals surface area contributed by atoms with E-state index >= 15 is 0 Å². The van der Waals surface area contributed by atoms with E-state index in [4.69, 9.17) is 0 Å². The number of likely N-dealkylation sites (tertiary alicyclic amines) is 1. The maximum Gasteiger partial charge on any atom is 0.229 e. The van der Waals surface area contributed by atoms with Gasteiger partial charge in [-0.1, -0.05) is 11.3 Å². The molecule has 0 aliphatic carbocycles. The van der Waals surface area contributed by atoms with Gasteiger partial charge in [0.25, 0.3) is 0 Å². The van der Waals surface area contributed by atoms with Crippen molar-refractivity contribution in [3.63, 3.8) is 0 Å². The molecule has 1 aliphatic rings. The number of rotatable bonds is 4. The summed E-state index contributed by atoms with van der Waals surface area (Å²) in [6.07, 6.45) is 5.41. The van der Waals surface area contributed by atoms with E-state index in [1.54, 1.807) is 0 Å². The van der Waals surface area contributed by atoms with Crippen LogP contribution in [0.25, 0.3) is 0 Å². The lowest BCUT2D eigenvalue weighted by Crippen LogP contribution is -2.37. The Labute approximate surface area is 133 Å². The molecule has 0 saturated carbocycles. The van der Waals surface area contributed by atoms with Crippen molar-refractivity contribution in [1.29, 1.82) is 0 Å². The summed E-state index contributed by atoms with van der Waals surface area (Å²) >= 11 is 1.41. The van der Waals surface area contributed by atoms with Crippen LogP contribution in [0, 0.1) is 12.8 Å². The first-order valence-corrected chi connectivity index (χ1v) is 8.24. The van der Waals surface area contributed by atoms with Crippen LogP contribution in [0.2, 0.25) is 0 Å². The van der Waals surface area contributed by atoms with Crippen molar-refractivity contribution < 1.29 is 4.79 Å². The Hall–Kier alpha value is -1.86. The third-order valence-electron chi connectivity index (χ3n) is 3.87. The van der Waals surface area contributed by atoms with Crippen LogP contribution in [0.15, 0.2) is 24.5 Å². The highest BCUT2D eigenvalue weighted by Gasteiger charge is 2.25. The first kappa shape index (κ1) is 15.1. The van der Waals surface area contributed by atoms with Gasteiger partial charge in [0.05, 0.1) is 0 Å². The summed E-state index contributed by atoms with van der Waals surface area (Å²) in [6.45, 7) is 4.68. The smallest absolute Gasteiger partial charge is 0.229 e. The first-order valence-electron chi connectivity index (χ1n) is 7.43. The fourth-order valence-corrected chi connectivity index (χ4v) is 3.25. The lowest BCUT2D eigenvalue weighted by Gasteiger charge is -2.31. The molecule has 1 saturated heterocycles. The second-order valence-electron chi connectivity index (χ2n) is 5.52. The van der Waals surface area contributed by atoms with E-state index in [9.17, 15) is 4.79 Å². The molecule has 2 aromatic rings. The summed E-state index contributed by atoms with van der Waals surface area (Å²) in [4.78, 5) is 18.7. The number of aromatic nitrogens is 3. The summed E-state index contributed by atoms with van der Waals surface area (Å²) < 4.78 is 0. The Morgan fingerprint density at radius 1 is 1.32 bits per heavy atom. The lowest BCUT2D eigenvalue weighted by molar-refractivity contribution is -0.121. The van der Waals surface area contributed by atoms with Crippen LogP contribution in [0.5, 0.6) is 0 Å². The third kappa shape index (κ3) is 3.86. The lowest BCUT2D eigenvalue weighted by atomic mass is 9.95. The van der Waals surface area contributed by atoms with Crippen molar-refractivity contribution in [2.45, 2.75) is 26.3 Å². The molecule has 1 N–H and O–H groups in total. The van der Waals surface area contributed by atoms with E-state index in [-0.39, 0.29) is 11.8 Å². The Morgan fingerprint density at radius 2 is 2.05 bits per heavy atom. The molecule has 3 heterocycles. The highest BCUT2D eigenvalue weighted by Crippen LogP contribution is 2.22. The quantitative estimate of drug-likeness (QED) is 0.935. The minimum Gasteiger partial charge on any atom is -0.300 e. The predicted molar refractivity (Wildman–Crippen MR) is 85.5 cm³/mol. The van der Waals surface area contributed by atoms with Gasteiger partial charge in [0.15, 0.2) is 0 Å². The Balaban J connectivity index is 1.48. The van der Waals surface area contributed by atoms with Crippen LogP contribution in [-0.4, -0.2) is 39.1 Å². The molecule has 1 aliphatic heterocycles. The number of carbonyl (C=O) groups is 1. The number of aryl methyl sites for hydroxylation is 1. The summed E-state index contributed by atoms with van der Waals surface area (Å²) in [5.41, 5.74) is 1.27. The molecule has 0 bridgehead atoms. The molecule has 0 spiro atoms. The summed E-state index contributed by atoms with van der Waals surface area (Å²) in [6, 6.07) is 4.08. The van der Waals surface area contributed by atoms with Gasteiger partial charge in [0.2, 0.25) is 11.0 Å². The molecule has 7 heteroatoms. The second-order valence-corrected chi connectivity index (χ2v) is 6.70. The maximum atomic E-state index is 12.2. The van der Waals surface area contributed by atoms with E-state index in [2.05, 4.69) is 25.4 Å². The minimum atomic E-state index is 0.0675. The van der Waals surface area contributed by atoms with Gasteiger partial charge in [0, 0.05) is 24.9 Å². The summed E-state index contributed by atoms with van der Waals surface area (Å²) in [7, 11) is 0. The van der Waals surface area contributed by atoms with E-state index in [0.29, 0.717) is 5.13 Å². The molecular formula is C15H19N5OS. The number of hydrogen-bond donors (Lipinski definition) is 1. The van der Waals surface area contributed by atoms with Crippen molar-refractivity contribution in [2.24, 2.45) is 5.92 Å². The number of carbonyl (C=O) groups excluding carboxylic acids is 1. The van der Waals surface area contributed by atoms with Gasteiger partial charge in [-0.2, -0.15) is 0 Å². The molecule has 116 valence electrons. The van der Waals surface area contributed by atoms with Gasteiger partial charge in [-0.05, 0) is 50.6 Å². The standard InChI is InChI=1S/C15H19N5OS/c1-11-18-19-15(22-11)17-14(21)13-4-8-20(9-5-13)10-12-2-6-16-7-3-12/h2-3,6-7,13H,4-5,8-10H2,1H3,(H,17,19,21). The number of anilines is 1. The van der Waals surface area contributed by atoms with Crippen molar-refractivity contribution in [3.05, 3.63) is 35.1 Å². The van der Waals surface area contributed by atoms with Gasteiger partial charge in [0.1, 0.15) is 5.01 Å². The molecule has 0 aromatic carbocycles. The largest absolute Gasteiger partial charge is 0.300 e. The van der Waals surface area contributed by atoms with E-state index in [1.807, 2.05) is 31.5 Å². The zero-order valence-corrected chi connectivity index (χ0v) is 13.3. The van der Waals surface area contributed by atoms with Gasteiger partial charge in [-0.15, -0.1) is 10.2 Å². The first-order chi connectivity index (χ1) is 10.7. The van der Waals surface area contributed by atoms with Crippen LogP contribution in [0.1, 0.15) is 23.4 Å². The molecule has 22 heavy (non-hydrogen) atoms. The highest BCUT2D eigenvalue weighted by atomic mass is 32.1. The zero-order chi connectivity index (χ0) is 15.4. The topological polar surface area (TPSA) is 71.0 Å². The zero-order valence-electron chi connectivity index (χ0n) is 12.5. The number of amides is 1. The SMILES string of the molecule is Cc1nnc(NC(=O)C2CCN(Cc3ccncc3)CC2)s1. The van der Waals surface area contributed by atoms with Crippen LogP contribution in [-0.2, 0) is 11.3 Å². The van der Waals surface area contributed by atoms with E-state index in [0.717, 1.165) is 37.5 Å². The fraction of sp³-hybridized carbons (Fsp3) is 0.467. The number of nitrogens with one attached hydrogen (secondary N) is 1. The van der Waals surface area contributed by atoms with Crippen molar-refractivity contribution >= 4 is 22.4 Å². The van der Waals surface area contributed by atoms with Crippen LogP contribution in [0.3, 0.4) is 0 Å². The van der Waals surface area contributed by atoms with Gasteiger partial charge in [-0.25, -0.2) is 0 Å². The Kier molecular flexibility index (Phi) is 4.74. The number of hydrogen-bond acceptors (Lipinski definition) is 6. The molecule has 0 unspecified atom stereocenters. The number of pyridine rings is 1. The average Bonchev–Trinajstić information content (AvgIpc) is 2.94. The molecular weight excluding hydrogens is 298 g/mol. The van der Waals surface area contributed by atoms with Gasteiger partial charge < -0.3 is 5.32 Å². The average molecular weight is 317 g/mol. The number of piperidine rings is 1. The molecule has 6 nitrogen and oxygen atoms in total. The highest BCUT2D eigenvalue weighted by molar-refractivity contribution is 7.15. The third-order valence-corrected chi connectivity index (χ3v) is 4.62. The molecule has 0 atom stereocenters. The number of nitrogens with zero attached hydrogens (tertiary/aromatic N) is 4.